The fraction of sp³-hybridized carbons (Fsp3) is 0.333. The third-order valence-corrected chi connectivity index (χ3v) is 2.24. The highest BCUT2D eigenvalue weighted by Gasteiger charge is 2.06. The van der Waals surface area contributed by atoms with E-state index in [4.69, 9.17) is 11.6 Å². The Morgan fingerprint density at radius 2 is 1.75 bits per heavy atom. The van der Waals surface area contributed by atoms with Crippen LogP contribution in [0.25, 0.3) is 0 Å². The topological polar surface area (TPSA) is 64.1 Å². The second kappa shape index (κ2) is 3.03. The number of aryl methyl sites for hydroxylation is 2. The number of nitrogen functional groups attached to an aromatic ring is 2. The number of hydrogen-bond donors (Lipinski definition) is 3. The maximum Gasteiger partial charge on any atom is 0.0748 e. The normalized spacial score (nSPS) is 10.0. The van der Waals surface area contributed by atoms with E-state index in [1.165, 1.54) is 5.56 Å². The lowest BCUT2D eigenvalue weighted by Crippen LogP contribution is -2.12. The van der Waals surface area contributed by atoms with Crippen molar-refractivity contribution in [2.45, 2.75) is 20.8 Å². The van der Waals surface area contributed by atoms with Gasteiger partial charge in [-0.25, -0.2) is 0 Å². The molecule has 3 nitrogen and oxygen atoms in total. The lowest BCUT2D eigenvalue weighted by atomic mass is 10.0. The van der Waals surface area contributed by atoms with Gasteiger partial charge in [-0.05, 0) is 37.5 Å². The summed E-state index contributed by atoms with van der Waals surface area (Å²) in [5.74, 6) is 5.34. The van der Waals surface area contributed by atoms with Crippen molar-refractivity contribution in [2.75, 3.05) is 11.2 Å². The van der Waals surface area contributed by atoms with Crippen LogP contribution in [0.3, 0.4) is 0 Å². The van der Waals surface area contributed by atoms with E-state index in [-0.39, 0.29) is 0 Å². The zero-order valence-corrected chi connectivity index (χ0v) is 7.73. The number of hydrogen-bond acceptors (Lipinski definition) is 3. The van der Waals surface area contributed by atoms with E-state index in [1.807, 2.05) is 20.8 Å². The maximum atomic E-state index is 5.85. The van der Waals surface area contributed by atoms with Crippen LogP contribution >= 0.6 is 0 Å². The molecule has 3 heteroatoms. The predicted molar refractivity (Wildman–Crippen MR) is 52.9 cm³/mol. The number of benzene rings is 1. The molecule has 0 radical (unpaired) electrons. The van der Waals surface area contributed by atoms with Gasteiger partial charge in [0.1, 0.15) is 0 Å². The summed E-state index contributed by atoms with van der Waals surface area (Å²) in [6.07, 6.45) is 0. The molecule has 1 aromatic carbocycles. The molecule has 0 bridgehead atoms. The summed E-state index contributed by atoms with van der Waals surface area (Å²) in [6.45, 7) is 6.02. The van der Waals surface area contributed by atoms with Crippen molar-refractivity contribution in [3.8, 4) is 0 Å². The molecule has 0 saturated heterocycles. The van der Waals surface area contributed by atoms with Crippen LogP contribution in [0.15, 0.2) is 6.07 Å². The van der Waals surface area contributed by atoms with E-state index in [2.05, 4.69) is 11.5 Å². The summed E-state index contributed by atoms with van der Waals surface area (Å²) in [7, 11) is 0. The van der Waals surface area contributed by atoms with Crippen molar-refractivity contribution < 1.29 is 0 Å². The van der Waals surface area contributed by atoms with Crippen LogP contribution in [-0.4, -0.2) is 0 Å². The third kappa shape index (κ3) is 1.23. The Kier molecular flexibility index (Phi) is 2.24. The first-order valence-corrected chi connectivity index (χ1v) is 3.90. The highest BCUT2D eigenvalue weighted by molar-refractivity contribution is 5.74. The quantitative estimate of drug-likeness (QED) is 0.335. The Morgan fingerprint density at radius 3 is 2.25 bits per heavy atom. The van der Waals surface area contributed by atoms with Gasteiger partial charge in [-0.3, -0.25) is 5.84 Å². The van der Waals surface area contributed by atoms with E-state index >= 15 is 0 Å². The Morgan fingerprint density at radius 1 is 1.17 bits per heavy atom. The zero-order chi connectivity index (χ0) is 9.30. The molecule has 1 aromatic rings. The molecule has 0 spiro atoms. The molecule has 5 N–H and O–H groups in total. The van der Waals surface area contributed by atoms with Crippen molar-refractivity contribution >= 4 is 11.4 Å². The lowest BCUT2D eigenvalue weighted by Gasteiger charge is -2.13. The maximum absolute atomic E-state index is 5.85. The van der Waals surface area contributed by atoms with Crippen molar-refractivity contribution in [3.05, 3.63) is 22.8 Å². The smallest absolute Gasteiger partial charge is 0.0748 e. The Bertz CT molecular complexity index is 305. The highest BCUT2D eigenvalue weighted by Crippen LogP contribution is 2.28. The Balaban J connectivity index is 3.40. The first kappa shape index (κ1) is 8.87. The standard InChI is InChI=1S/C9H15N3/c1-5-4-6(2)9(12-11)8(10)7(5)3/h4,12H,10-11H2,1-3H3. The minimum atomic E-state index is 0.745. The van der Waals surface area contributed by atoms with E-state index in [0.717, 1.165) is 22.5 Å². The van der Waals surface area contributed by atoms with Gasteiger partial charge in [-0.2, -0.15) is 0 Å². The zero-order valence-electron chi connectivity index (χ0n) is 7.73. The molecule has 0 unspecified atom stereocenters. The van der Waals surface area contributed by atoms with E-state index in [0.29, 0.717) is 0 Å². The summed E-state index contributed by atoms with van der Waals surface area (Å²) in [5.41, 5.74) is 13.4. The molecule has 0 heterocycles. The Labute approximate surface area is 72.7 Å². The molecule has 0 aromatic heterocycles. The molecule has 1 rings (SSSR count). The molecule has 66 valence electrons. The molecule has 0 saturated carbocycles. The van der Waals surface area contributed by atoms with Crippen LogP contribution in [0.5, 0.6) is 0 Å². The number of rotatable bonds is 1. The minimum Gasteiger partial charge on any atom is -0.397 e. The van der Waals surface area contributed by atoms with Crippen molar-refractivity contribution in [1.82, 2.24) is 0 Å². The molecule has 0 atom stereocenters. The van der Waals surface area contributed by atoms with Crippen molar-refractivity contribution in [2.24, 2.45) is 5.84 Å². The van der Waals surface area contributed by atoms with Gasteiger partial charge < -0.3 is 11.2 Å². The van der Waals surface area contributed by atoms with E-state index < -0.39 is 0 Å². The second-order valence-corrected chi connectivity index (χ2v) is 3.07. The average molecular weight is 165 g/mol. The number of anilines is 2. The first-order valence-electron chi connectivity index (χ1n) is 3.90. The van der Waals surface area contributed by atoms with Gasteiger partial charge in [0.05, 0.1) is 11.4 Å². The summed E-state index contributed by atoms with van der Waals surface area (Å²) >= 11 is 0. The van der Waals surface area contributed by atoms with Crippen LogP contribution in [-0.2, 0) is 0 Å². The molecular formula is C9H15N3. The minimum absolute atomic E-state index is 0.745. The van der Waals surface area contributed by atoms with Crippen molar-refractivity contribution in [1.29, 1.82) is 0 Å². The monoisotopic (exact) mass is 165 g/mol. The van der Waals surface area contributed by atoms with Gasteiger partial charge in [-0.1, -0.05) is 6.07 Å². The van der Waals surface area contributed by atoms with Gasteiger partial charge in [0.25, 0.3) is 0 Å². The molecular weight excluding hydrogens is 150 g/mol. The van der Waals surface area contributed by atoms with Gasteiger partial charge >= 0.3 is 0 Å². The predicted octanol–water partition coefficient (Wildman–Crippen LogP) is 1.48. The van der Waals surface area contributed by atoms with Gasteiger partial charge in [0.2, 0.25) is 0 Å². The van der Waals surface area contributed by atoms with Gasteiger partial charge in [-0.15, -0.1) is 0 Å². The second-order valence-electron chi connectivity index (χ2n) is 3.07. The van der Waals surface area contributed by atoms with Crippen molar-refractivity contribution in [3.63, 3.8) is 0 Å². The molecule has 0 amide bonds. The largest absolute Gasteiger partial charge is 0.397 e. The Hall–Kier alpha value is -1.22. The lowest BCUT2D eigenvalue weighted by molar-refractivity contribution is 1.26. The fourth-order valence-electron chi connectivity index (χ4n) is 1.31. The molecule has 12 heavy (non-hydrogen) atoms. The molecule has 0 fully saturated rings. The molecule has 0 aliphatic carbocycles. The fourth-order valence-corrected chi connectivity index (χ4v) is 1.31. The molecule has 0 aliphatic heterocycles. The number of hydrazine groups is 1. The van der Waals surface area contributed by atoms with Crippen LogP contribution in [0.4, 0.5) is 11.4 Å². The average Bonchev–Trinajstić information content (AvgIpc) is 2.01. The SMILES string of the molecule is Cc1cc(C)c(NN)c(N)c1C. The van der Waals surface area contributed by atoms with Crippen LogP contribution in [0, 0.1) is 20.8 Å². The number of nitrogens with one attached hydrogen (secondary N) is 1. The summed E-state index contributed by atoms with van der Waals surface area (Å²) < 4.78 is 0. The third-order valence-electron chi connectivity index (χ3n) is 2.24. The summed E-state index contributed by atoms with van der Waals surface area (Å²) in [6, 6.07) is 2.07. The summed E-state index contributed by atoms with van der Waals surface area (Å²) in [5, 5.41) is 0. The first-order chi connectivity index (χ1) is 5.57. The van der Waals surface area contributed by atoms with Crippen LogP contribution < -0.4 is 17.0 Å². The van der Waals surface area contributed by atoms with Gasteiger partial charge in [0.15, 0.2) is 0 Å². The summed E-state index contributed by atoms with van der Waals surface area (Å²) in [4.78, 5) is 0. The van der Waals surface area contributed by atoms with E-state index in [9.17, 15) is 0 Å². The van der Waals surface area contributed by atoms with Crippen LogP contribution in [0.1, 0.15) is 16.7 Å². The molecule has 0 aliphatic rings. The van der Waals surface area contributed by atoms with E-state index in [1.54, 1.807) is 0 Å². The highest BCUT2D eigenvalue weighted by atomic mass is 15.2. The number of nitrogens with two attached hydrogens (primary N) is 2. The van der Waals surface area contributed by atoms with Gasteiger partial charge in [0, 0.05) is 0 Å². The van der Waals surface area contributed by atoms with Crippen LogP contribution in [0.2, 0.25) is 0 Å².